The molecule has 31 heavy (non-hydrogen) atoms. The fourth-order valence-electron chi connectivity index (χ4n) is 4.82. The summed E-state index contributed by atoms with van der Waals surface area (Å²) in [6.07, 6.45) is 0.878. The van der Waals surface area contributed by atoms with Gasteiger partial charge in [-0.15, -0.1) is 0 Å². The van der Waals surface area contributed by atoms with Gasteiger partial charge in [0.1, 0.15) is 0 Å². The molecule has 1 aromatic heterocycles. The van der Waals surface area contributed by atoms with Gasteiger partial charge in [-0.1, -0.05) is 30.3 Å². The topological polar surface area (TPSA) is 83.2 Å². The Morgan fingerprint density at radius 2 is 1.74 bits per heavy atom. The molecule has 2 aromatic carbocycles. The Kier molecular flexibility index (Phi) is 4.77. The summed E-state index contributed by atoms with van der Waals surface area (Å²) in [7, 11) is -3.56. The van der Waals surface area contributed by atoms with E-state index in [1.165, 1.54) is 0 Å². The van der Waals surface area contributed by atoms with Crippen molar-refractivity contribution in [2.24, 2.45) is 5.92 Å². The standard InChI is InChI=1S/C24H21N3O3S/c25-13-17-5-4-6-19(11-17)22-9-10-23-20-12-18(15-27(23)24(22)28)14-26(16-20)31(29,30)21-7-2-1-3-8-21/h1-11,18,20H,12,14-16H2. The highest BCUT2D eigenvalue weighted by Gasteiger charge is 2.39. The zero-order valence-electron chi connectivity index (χ0n) is 16.8. The van der Waals surface area contributed by atoms with Crippen molar-refractivity contribution in [1.82, 2.24) is 8.87 Å². The maximum Gasteiger partial charge on any atom is 0.258 e. The lowest BCUT2D eigenvalue weighted by molar-refractivity contribution is 0.186. The van der Waals surface area contributed by atoms with Gasteiger partial charge in [-0.2, -0.15) is 9.57 Å². The summed E-state index contributed by atoms with van der Waals surface area (Å²) in [5.74, 6) is 0.0707. The van der Waals surface area contributed by atoms with Crippen molar-refractivity contribution in [3.63, 3.8) is 0 Å². The molecule has 2 aliphatic heterocycles. The fraction of sp³-hybridized carbons (Fsp3) is 0.250. The van der Waals surface area contributed by atoms with Crippen molar-refractivity contribution in [2.75, 3.05) is 13.1 Å². The number of hydrogen-bond acceptors (Lipinski definition) is 4. The Morgan fingerprint density at radius 3 is 2.52 bits per heavy atom. The van der Waals surface area contributed by atoms with E-state index in [-0.39, 0.29) is 17.4 Å². The van der Waals surface area contributed by atoms with E-state index in [9.17, 15) is 13.2 Å². The van der Waals surface area contributed by atoms with Crippen LogP contribution in [0.5, 0.6) is 0 Å². The van der Waals surface area contributed by atoms with Crippen LogP contribution in [0.4, 0.5) is 0 Å². The molecule has 2 unspecified atom stereocenters. The van der Waals surface area contributed by atoms with E-state index < -0.39 is 10.0 Å². The molecule has 7 heteroatoms. The van der Waals surface area contributed by atoms with Crippen LogP contribution in [-0.4, -0.2) is 30.4 Å². The number of benzene rings is 2. The van der Waals surface area contributed by atoms with Gasteiger partial charge in [0.2, 0.25) is 10.0 Å². The van der Waals surface area contributed by atoms with Gasteiger partial charge in [0.15, 0.2) is 0 Å². The summed E-state index contributed by atoms with van der Waals surface area (Å²) in [5.41, 5.74) is 2.60. The monoisotopic (exact) mass is 431 g/mol. The molecule has 2 aliphatic rings. The minimum atomic E-state index is -3.56. The molecule has 3 heterocycles. The maximum atomic E-state index is 13.3. The van der Waals surface area contributed by atoms with Crippen molar-refractivity contribution >= 4 is 10.0 Å². The first kappa shape index (κ1) is 19.7. The first-order chi connectivity index (χ1) is 15.0. The molecular formula is C24H21N3O3S. The van der Waals surface area contributed by atoms with E-state index >= 15 is 0 Å². The summed E-state index contributed by atoms with van der Waals surface area (Å²) < 4.78 is 29.6. The van der Waals surface area contributed by atoms with Gasteiger partial charge in [-0.3, -0.25) is 4.79 Å². The first-order valence-electron chi connectivity index (χ1n) is 10.3. The summed E-state index contributed by atoms with van der Waals surface area (Å²) in [6, 6.07) is 21.4. The van der Waals surface area contributed by atoms with Crippen LogP contribution in [0.15, 0.2) is 76.4 Å². The molecule has 0 radical (unpaired) electrons. The van der Waals surface area contributed by atoms with E-state index in [4.69, 9.17) is 5.26 Å². The SMILES string of the molecule is N#Cc1cccc(-c2ccc3n(c2=O)CC2CC3CN(S(=O)(=O)c3ccccc3)C2)c1. The number of pyridine rings is 1. The maximum absolute atomic E-state index is 13.3. The minimum absolute atomic E-state index is 0.0156. The average molecular weight is 432 g/mol. The zero-order valence-corrected chi connectivity index (χ0v) is 17.6. The van der Waals surface area contributed by atoms with Gasteiger partial charge < -0.3 is 4.57 Å². The highest BCUT2D eigenvalue weighted by atomic mass is 32.2. The van der Waals surface area contributed by atoms with Crippen molar-refractivity contribution in [3.8, 4) is 17.2 Å². The quantitative estimate of drug-likeness (QED) is 0.638. The van der Waals surface area contributed by atoms with E-state index in [1.807, 2.05) is 12.1 Å². The van der Waals surface area contributed by atoms with Crippen molar-refractivity contribution in [3.05, 3.63) is 88.3 Å². The molecule has 2 atom stereocenters. The highest BCUT2D eigenvalue weighted by Crippen LogP contribution is 2.37. The van der Waals surface area contributed by atoms with Gasteiger partial charge in [0.25, 0.3) is 5.56 Å². The van der Waals surface area contributed by atoms with E-state index in [2.05, 4.69) is 6.07 Å². The molecule has 0 aliphatic carbocycles. The van der Waals surface area contributed by atoms with Gasteiger partial charge in [-0.05, 0) is 54.3 Å². The molecule has 156 valence electrons. The Balaban J connectivity index is 1.51. The Bertz CT molecular complexity index is 1360. The van der Waals surface area contributed by atoms with E-state index in [0.717, 1.165) is 17.7 Å². The third-order valence-electron chi connectivity index (χ3n) is 6.25. The molecule has 6 nitrogen and oxygen atoms in total. The smallest absolute Gasteiger partial charge is 0.258 e. The largest absolute Gasteiger partial charge is 0.311 e. The summed E-state index contributed by atoms with van der Waals surface area (Å²) in [5, 5.41) is 9.17. The van der Waals surface area contributed by atoms with Crippen molar-refractivity contribution < 1.29 is 8.42 Å². The number of nitriles is 1. The lowest BCUT2D eigenvalue weighted by Gasteiger charge is -2.42. The number of nitrogens with zero attached hydrogens (tertiary/aromatic N) is 3. The van der Waals surface area contributed by atoms with Crippen LogP contribution in [0.25, 0.3) is 11.1 Å². The molecule has 0 amide bonds. The highest BCUT2D eigenvalue weighted by molar-refractivity contribution is 7.89. The molecular weight excluding hydrogens is 410 g/mol. The number of piperidine rings is 1. The first-order valence-corrected chi connectivity index (χ1v) is 11.7. The van der Waals surface area contributed by atoms with Crippen LogP contribution in [-0.2, 0) is 16.6 Å². The van der Waals surface area contributed by atoms with Crippen LogP contribution in [0, 0.1) is 17.2 Å². The van der Waals surface area contributed by atoms with E-state index in [0.29, 0.717) is 35.7 Å². The Labute approximate surface area is 181 Å². The summed E-state index contributed by atoms with van der Waals surface area (Å²) in [4.78, 5) is 13.6. The third kappa shape index (κ3) is 3.38. The number of sulfonamides is 1. The Hall–Kier alpha value is -3.21. The van der Waals surface area contributed by atoms with Crippen LogP contribution in [0.1, 0.15) is 23.6 Å². The van der Waals surface area contributed by atoms with Gasteiger partial charge >= 0.3 is 0 Å². The van der Waals surface area contributed by atoms with E-state index in [1.54, 1.807) is 63.5 Å². The molecule has 2 bridgehead atoms. The lowest BCUT2D eigenvalue weighted by atomic mass is 9.84. The molecule has 0 spiro atoms. The predicted molar refractivity (Wildman–Crippen MR) is 117 cm³/mol. The van der Waals surface area contributed by atoms with Crippen LogP contribution in [0.2, 0.25) is 0 Å². The summed E-state index contributed by atoms with van der Waals surface area (Å²) >= 11 is 0. The second-order valence-electron chi connectivity index (χ2n) is 8.21. The fourth-order valence-corrected chi connectivity index (χ4v) is 6.40. The van der Waals surface area contributed by atoms with Gasteiger partial charge in [0, 0.05) is 36.8 Å². The Morgan fingerprint density at radius 1 is 0.935 bits per heavy atom. The van der Waals surface area contributed by atoms with Gasteiger partial charge in [0.05, 0.1) is 16.5 Å². The normalized spacial score (nSPS) is 20.6. The second kappa shape index (κ2) is 7.49. The van der Waals surface area contributed by atoms with Crippen LogP contribution in [0.3, 0.4) is 0 Å². The van der Waals surface area contributed by atoms with Crippen LogP contribution < -0.4 is 5.56 Å². The van der Waals surface area contributed by atoms with Crippen molar-refractivity contribution in [1.29, 1.82) is 5.26 Å². The molecule has 0 N–H and O–H groups in total. The molecule has 1 saturated heterocycles. The van der Waals surface area contributed by atoms with Crippen LogP contribution >= 0.6 is 0 Å². The van der Waals surface area contributed by atoms with Gasteiger partial charge in [-0.25, -0.2) is 8.42 Å². The number of aromatic nitrogens is 1. The lowest BCUT2D eigenvalue weighted by Crippen LogP contribution is -2.49. The third-order valence-corrected chi connectivity index (χ3v) is 8.10. The number of fused-ring (bicyclic) bond motifs is 4. The van der Waals surface area contributed by atoms with Crippen molar-refractivity contribution in [2.45, 2.75) is 23.8 Å². The molecule has 3 aromatic rings. The zero-order chi connectivity index (χ0) is 21.6. The molecule has 1 fully saturated rings. The summed E-state index contributed by atoms with van der Waals surface area (Å²) in [6.45, 7) is 1.28. The minimum Gasteiger partial charge on any atom is -0.311 e. The predicted octanol–water partition coefficient (Wildman–Crippen LogP) is 3.19. The number of rotatable bonds is 3. The second-order valence-corrected chi connectivity index (χ2v) is 10.2. The molecule has 0 saturated carbocycles. The molecule has 5 rings (SSSR count). The number of hydrogen-bond donors (Lipinski definition) is 0. The average Bonchev–Trinajstić information content (AvgIpc) is 2.80.